The lowest BCUT2D eigenvalue weighted by Crippen LogP contribution is -2.23. The van der Waals surface area contributed by atoms with Gasteiger partial charge in [0.05, 0.1) is 0 Å². The zero-order valence-corrected chi connectivity index (χ0v) is 7.97. The summed E-state index contributed by atoms with van der Waals surface area (Å²) in [5.74, 6) is 0.183. The standard InChI is InChI=1S/C5H13IN4/c6-10-4-2-1-3-9-5(7)8/h10H,1-4H2,(H4,7,8,9). The second kappa shape index (κ2) is 7.07. The van der Waals surface area contributed by atoms with Gasteiger partial charge in [-0.1, -0.05) is 0 Å². The van der Waals surface area contributed by atoms with E-state index in [2.05, 4.69) is 31.4 Å². The summed E-state index contributed by atoms with van der Waals surface area (Å²) in [6, 6.07) is 0. The molecule has 0 fully saturated rings. The monoisotopic (exact) mass is 256 g/mol. The van der Waals surface area contributed by atoms with E-state index in [9.17, 15) is 0 Å². The third-order valence-corrected chi connectivity index (χ3v) is 1.51. The number of unbranched alkanes of at least 4 members (excludes halogenated alkanes) is 1. The Labute approximate surface area is 74.9 Å². The molecule has 0 aliphatic heterocycles. The Balaban J connectivity index is 2.98. The van der Waals surface area contributed by atoms with Crippen LogP contribution in [0.5, 0.6) is 0 Å². The second-order valence-electron chi connectivity index (χ2n) is 1.90. The summed E-state index contributed by atoms with van der Waals surface area (Å²) >= 11 is 2.12. The fraction of sp³-hybridized carbons (Fsp3) is 0.800. The summed E-state index contributed by atoms with van der Waals surface area (Å²) in [5, 5.41) is 0. The van der Waals surface area contributed by atoms with Gasteiger partial charge in [0.25, 0.3) is 0 Å². The fourth-order valence-electron chi connectivity index (χ4n) is 0.512. The Kier molecular flexibility index (Phi) is 7.04. The van der Waals surface area contributed by atoms with E-state index in [1.54, 1.807) is 0 Å². The van der Waals surface area contributed by atoms with Crippen LogP contribution in [0.1, 0.15) is 12.8 Å². The van der Waals surface area contributed by atoms with E-state index < -0.39 is 0 Å². The van der Waals surface area contributed by atoms with Crippen LogP contribution < -0.4 is 15.0 Å². The average Bonchev–Trinajstić information content (AvgIpc) is 1.87. The molecule has 0 radical (unpaired) electrons. The molecule has 0 aliphatic carbocycles. The van der Waals surface area contributed by atoms with Gasteiger partial charge in [-0.2, -0.15) is 0 Å². The van der Waals surface area contributed by atoms with Gasteiger partial charge < -0.3 is 11.5 Å². The molecule has 0 heterocycles. The van der Waals surface area contributed by atoms with Crippen molar-refractivity contribution in [1.29, 1.82) is 0 Å². The van der Waals surface area contributed by atoms with Crippen LogP contribution in [0.2, 0.25) is 0 Å². The van der Waals surface area contributed by atoms with Crippen LogP contribution in [0, 0.1) is 0 Å². The summed E-state index contributed by atoms with van der Waals surface area (Å²) in [6.45, 7) is 1.75. The van der Waals surface area contributed by atoms with Crippen LogP contribution in [0.25, 0.3) is 0 Å². The SMILES string of the molecule is NC(N)=NCCCCNI. The summed E-state index contributed by atoms with van der Waals surface area (Å²) in [7, 11) is 0. The van der Waals surface area contributed by atoms with Crippen molar-refractivity contribution in [3.63, 3.8) is 0 Å². The highest BCUT2D eigenvalue weighted by molar-refractivity contribution is 14.1. The van der Waals surface area contributed by atoms with Crippen LogP contribution in [-0.4, -0.2) is 19.0 Å². The van der Waals surface area contributed by atoms with Gasteiger partial charge in [-0.15, -0.1) is 0 Å². The van der Waals surface area contributed by atoms with Gasteiger partial charge in [0.2, 0.25) is 0 Å². The van der Waals surface area contributed by atoms with Crippen molar-refractivity contribution in [2.45, 2.75) is 12.8 Å². The Hall–Kier alpha value is -0.0400. The molecular weight excluding hydrogens is 243 g/mol. The normalized spacial score (nSPS) is 9.30. The van der Waals surface area contributed by atoms with Crippen molar-refractivity contribution in [3.8, 4) is 0 Å². The maximum atomic E-state index is 5.12. The summed E-state index contributed by atoms with van der Waals surface area (Å²) in [4.78, 5) is 3.84. The first kappa shape index (κ1) is 9.96. The predicted molar refractivity (Wildman–Crippen MR) is 51.9 cm³/mol. The fourth-order valence-corrected chi connectivity index (χ4v) is 0.893. The Morgan fingerprint density at radius 2 is 2.10 bits per heavy atom. The largest absolute Gasteiger partial charge is 0.370 e. The molecule has 0 aromatic heterocycles. The van der Waals surface area contributed by atoms with Gasteiger partial charge in [-0.3, -0.25) is 8.52 Å². The van der Waals surface area contributed by atoms with Crippen molar-refractivity contribution >= 4 is 28.8 Å². The number of nitrogens with two attached hydrogens (primary N) is 2. The van der Waals surface area contributed by atoms with Crippen LogP contribution >= 0.6 is 22.9 Å². The highest BCUT2D eigenvalue weighted by Gasteiger charge is 1.85. The first-order chi connectivity index (χ1) is 4.77. The van der Waals surface area contributed by atoms with Crippen molar-refractivity contribution in [1.82, 2.24) is 3.53 Å². The summed E-state index contributed by atoms with van der Waals surface area (Å²) in [5.41, 5.74) is 10.2. The zero-order chi connectivity index (χ0) is 7.82. The number of guanidine groups is 1. The number of nitrogens with one attached hydrogen (secondary N) is 1. The van der Waals surface area contributed by atoms with Gasteiger partial charge in [-0.25, -0.2) is 0 Å². The maximum Gasteiger partial charge on any atom is 0.185 e. The molecule has 0 aromatic rings. The van der Waals surface area contributed by atoms with Gasteiger partial charge >= 0.3 is 0 Å². The maximum absolute atomic E-state index is 5.12. The predicted octanol–water partition coefficient (Wildman–Crippen LogP) is -0.0204. The molecule has 60 valence electrons. The molecule has 0 rings (SSSR count). The van der Waals surface area contributed by atoms with E-state index >= 15 is 0 Å². The minimum atomic E-state index is 0.183. The number of nitrogens with zero attached hydrogens (tertiary/aromatic N) is 1. The molecule has 0 saturated heterocycles. The van der Waals surface area contributed by atoms with Gasteiger partial charge in [0.15, 0.2) is 5.96 Å². The molecule has 0 saturated carbocycles. The van der Waals surface area contributed by atoms with Gasteiger partial charge in [0, 0.05) is 36.0 Å². The quantitative estimate of drug-likeness (QED) is 0.213. The summed E-state index contributed by atoms with van der Waals surface area (Å²) < 4.78 is 3.01. The first-order valence-corrected chi connectivity index (χ1v) is 4.24. The number of halogens is 1. The smallest absolute Gasteiger partial charge is 0.185 e. The minimum Gasteiger partial charge on any atom is -0.370 e. The zero-order valence-electron chi connectivity index (χ0n) is 5.81. The lowest BCUT2D eigenvalue weighted by Gasteiger charge is -1.95. The molecule has 0 aromatic carbocycles. The molecule has 0 unspecified atom stereocenters. The molecular formula is C5H13IN4. The second-order valence-corrected chi connectivity index (χ2v) is 2.66. The highest BCUT2D eigenvalue weighted by Crippen LogP contribution is 1.87. The number of rotatable bonds is 5. The molecule has 4 nitrogen and oxygen atoms in total. The van der Waals surface area contributed by atoms with E-state index in [1.165, 1.54) is 0 Å². The van der Waals surface area contributed by atoms with Crippen molar-refractivity contribution in [2.24, 2.45) is 16.5 Å². The van der Waals surface area contributed by atoms with E-state index in [4.69, 9.17) is 11.5 Å². The topological polar surface area (TPSA) is 76.4 Å². The molecule has 5 heteroatoms. The van der Waals surface area contributed by atoms with E-state index in [-0.39, 0.29) is 5.96 Å². The van der Waals surface area contributed by atoms with Crippen LogP contribution in [0.3, 0.4) is 0 Å². The lowest BCUT2D eigenvalue weighted by atomic mass is 10.3. The van der Waals surface area contributed by atoms with Crippen molar-refractivity contribution in [2.75, 3.05) is 13.1 Å². The lowest BCUT2D eigenvalue weighted by molar-refractivity contribution is 0.742. The number of aliphatic imine (C=N–C) groups is 1. The summed E-state index contributed by atoms with van der Waals surface area (Å²) in [6.07, 6.45) is 2.15. The van der Waals surface area contributed by atoms with Crippen LogP contribution in [0.15, 0.2) is 4.99 Å². The number of hydrogen-bond donors (Lipinski definition) is 3. The molecule has 0 atom stereocenters. The number of hydrogen-bond acceptors (Lipinski definition) is 2. The van der Waals surface area contributed by atoms with Crippen LogP contribution in [-0.2, 0) is 0 Å². The molecule has 0 aliphatic rings. The Morgan fingerprint density at radius 3 is 2.60 bits per heavy atom. The van der Waals surface area contributed by atoms with Gasteiger partial charge in [-0.05, 0) is 12.8 Å². The highest BCUT2D eigenvalue weighted by atomic mass is 127. The average molecular weight is 256 g/mol. The molecule has 0 spiro atoms. The van der Waals surface area contributed by atoms with Crippen molar-refractivity contribution in [3.05, 3.63) is 0 Å². The van der Waals surface area contributed by atoms with E-state index in [0.717, 1.165) is 25.9 Å². The van der Waals surface area contributed by atoms with Crippen molar-refractivity contribution < 1.29 is 0 Å². The Morgan fingerprint density at radius 1 is 1.40 bits per heavy atom. The minimum absolute atomic E-state index is 0.183. The third-order valence-electron chi connectivity index (χ3n) is 0.974. The molecule has 0 bridgehead atoms. The molecule has 0 amide bonds. The first-order valence-electron chi connectivity index (χ1n) is 3.16. The van der Waals surface area contributed by atoms with Crippen LogP contribution in [0.4, 0.5) is 0 Å². The van der Waals surface area contributed by atoms with E-state index in [0.29, 0.717) is 0 Å². The Bertz CT molecular complexity index is 99.8. The van der Waals surface area contributed by atoms with E-state index in [1.807, 2.05) is 0 Å². The molecule has 5 N–H and O–H groups in total. The third kappa shape index (κ3) is 7.96. The van der Waals surface area contributed by atoms with Gasteiger partial charge in [0.1, 0.15) is 0 Å². The molecule has 10 heavy (non-hydrogen) atoms.